The van der Waals surface area contributed by atoms with E-state index in [0.29, 0.717) is 5.02 Å². The third-order valence-electron chi connectivity index (χ3n) is 4.04. The number of methoxy groups -OCH3 is 1. The Labute approximate surface area is 114 Å². The van der Waals surface area contributed by atoms with Crippen LogP contribution < -0.4 is 0 Å². The van der Waals surface area contributed by atoms with Gasteiger partial charge in [-0.05, 0) is 30.5 Å². The van der Waals surface area contributed by atoms with Crippen LogP contribution in [0.4, 0.5) is 0 Å². The standard InChI is InChI=1S/C15H21ClO2/c1-18-15(10-4-2-3-5-11-15)14(17)12-6-8-13(16)9-7-12/h6-9,14,17H,2-5,10-11H2,1H3. The van der Waals surface area contributed by atoms with Gasteiger partial charge in [0.2, 0.25) is 0 Å². The molecule has 0 aromatic heterocycles. The van der Waals surface area contributed by atoms with Crippen LogP contribution in [0.15, 0.2) is 24.3 Å². The molecule has 2 nitrogen and oxygen atoms in total. The van der Waals surface area contributed by atoms with Crippen LogP contribution >= 0.6 is 11.6 Å². The summed E-state index contributed by atoms with van der Waals surface area (Å²) in [5, 5.41) is 11.3. The first-order chi connectivity index (χ1) is 8.68. The van der Waals surface area contributed by atoms with E-state index in [1.165, 1.54) is 12.8 Å². The summed E-state index contributed by atoms with van der Waals surface area (Å²) in [7, 11) is 1.71. The fourth-order valence-corrected chi connectivity index (χ4v) is 2.99. The molecule has 0 amide bonds. The van der Waals surface area contributed by atoms with Gasteiger partial charge in [0.15, 0.2) is 0 Å². The second-order valence-electron chi connectivity index (χ2n) is 5.14. The van der Waals surface area contributed by atoms with Gasteiger partial charge in [-0.15, -0.1) is 0 Å². The van der Waals surface area contributed by atoms with E-state index in [9.17, 15) is 5.11 Å². The van der Waals surface area contributed by atoms with Crippen molar-refractivity contribution in [2.45, 2.75) is 50.2 Å². The van der Waals surface area contributed by atoms with Gasteiger partial charge in [-0.2, -0.15) is 0 Å². The van der Waals surface area contributed by atoms with Crippen LogP contribution in [-0.2, 0) is 4.74 Å². The number of rotatable bonds is 3. The maximum atomic E-state index is 10.6. The van der Waals surface area contributed by atoms with E-state index in [4.69, 9.17) is 16.3 Å². The Morgan fingerprint density at radius 2 is 1.67 bits per heavy atom. The fraction of sp³-hybridized carbons (Fsp3) is 0.600. The van der Waals surface area contributed by atoms with Gasteiger partial charge >= 0.3 is 0 Å². The summed E-state index contributed by atoms with van der Waals surface area (Å²) in [5.74, 6) is 0. The number of halogens is 1. The van der Waals surface area contributed by atoms with Gasteiger partial charge in [0.05, 0.1) is 5.60 Å². The highest BCUT2D eigenvalue weighted by molar-refractivity contribution is 6.30. The van der Waals surface area contributed by atoms with Crippen molar-refractivity contribution in [1.82, 2.24) is 0 Å². The minimum Gasteiger partial charge on any atom is -0.385 e. The molecule has 0 aliphatic heterocycles. The molecule has 0 saturated heterocycles. The second-order valence-corrected chi connectivity index (χ2v) is 5.57. The molecule has 1 aliphatic carbocycles. The molecule has 2 rings (SSSR count). The van der Waals surface area contributed by atoms with Crippen LogP contribution in [0.1, 0.15) is 50.2 Å². The normalized spacial score (nSPS) is 21.3. The van der Waals surface area contributed by atoms with E-state index >= 15 is 0 Å². The zero-order valence-corrected chi connectivity index (χ0v) is 11.6. The zero-order chi connectivity index (χ0) is 13.0. The maximum Gasteiger partial charge on any atom is 0.108 e. The second kappa shape index (κ2) is 6.05. The number of ether oxygens (including phenoxy) is 1. The number of hydrogen-bond donors (Lipinski definition) is 1. The summed E-state index contributed by atoms with van der Waals surface area (Å²) in [5.41, 5.74) is 0.466. The smallest absolute Gasteiger partial charge is 0.108 e. The van der Waals surface area contributed by atoms with Gasteiger partial charge < -0.3 is 9.84 Å². The molecule has 1 unspecified atom stereocenters. The average Bonchev–Trinajstić information content (AvgIpc) is 2.65. The van der Waals surface area contributed by atoms with Crippen molar-refractivity contribution in [3.05, 3.63) is 34.9 Å². The SMILES string of the molecule is COC1(C(O)c2ccc(Cl)cc2)CCCCCC1. The van der Waals surface area contributed by atoms with Crippen LogP contribution in [0, 0.1) is 0 Å². The van der Waals surface area contributed by atoms with Crippen LogP contribution in [0.25, 0.3) is 0 Å². The van der Waals surface area contributed by atoms with Gasteiger partial charge in [0.1, 0.15) is 6.10 Å². The first kappa shape index (κ1) is 13.9. The summed E-state index contributed by atoms with van der Waals surface area (Å²) >= 11 is 5.88. The molecule has 0 radical (unpaired) electrons. The molecule has 100 valence electrons. The Kier molecular flexibility index (Phi) is 4.66. The molecule has 1 N–H and O–H groups in total. The summed E-state index contributed by atoms with van der Waals surface area (Å²) in [6.45, 7) is 0. The van der Waals surface area contributed by atoms with Gasteiger partial charge in [-0.25, -0.2) is 0 Å². The van der Waals surface area contributed by atoms with E-state index in [1.54, 1.807) is 7.11 Å². The van der Waals surface area contributed by atoms with Crippen molar-refractivity contribution in [3.63, 3.8) is 0 Å². The fourth-order valence-electron chi connectivity index (χ4n) is 2.87. The number of benzene rings is 1. The Morgan fingerprint density at radius 1 is 1.11 bits per heavy atom. The first-order valence-corrected chi connectivity index (χ1v) is 7.04. The summed E-state index contributed by atoms with van der Waals surface area (Å²) in [6.07, 6.45) is 5.99. The topological polar surface area (TPSA) is 29.5 Å². The van der Waals surface area contributed by atoms with Crippen LogP contribution in [0.2, 0.25) is 5.02 Å². The lowest BCUT2D eigenvalue weighted by atomic mass is 9.84. The van der Waals surface area contributed by atoms with E-state index in [1.807, 2.05) is 24.3 Å². The van der Waals surface area contributed by atoms with Gasteiger partial charge in [0, 0.05) is 12.1 Å². The lowest BCUT2D eigenvalue weighted by Gasteiger charge is -2.36. The molecule has 0 heterocycles. The Balaban J connectivity index is 2.22. The summed E-state index contributed by atoms with van der Waals surface area (Å²) in [6, 6.07) is 7.41. The van der Waals surface area contributed by atoms with Crippen molar-refractivity contribution in [1.29, 1.82) is 0 Å². The van der Waals surface area contributed by atoms with Crippen molar-refractivity contribution >= 4 is 11.6 Å². The molecule has 1 aliphatic rings. The van der Waals surface area contributed by atoms with Gasteiger partial charge in [-0.1, -0.05) is 49.4 Å². The number of hydrogen-bond acceptors (Lipinski definition) is 2. The predicted octanol–water partition coefficient (Wildman–Crippen LogP) is 4.11. The lowest BCUT2D eigenvalue weighted by molar-refractivity contribution is -0.114. The van der Waals surface area contributed by atoms with Gasteiger partial charge in [-0.3, -0.25) is 0 Å². The molecule has 1 aromatic rings. The average molecular weight is 269 g/mol. The molecule has 1 atom stereocenters. The largest absolute Gasteiger partial charge is 0.385 e. The van der Waals surface area contributed by atoms with Crippen LogP contribution in [0.3, 0.4) is 0 Å². The Bertz CT molecular complexity index is 367. The maximum absolute atomic E-state index is 10.6. The predicted molar refractivity (Wildman–Crippen MR) is 73.9 cm³/mol. The zero-order valence-electron chi connectivity index (χ0n) is 10.9. The van der Waals surface area contributed by atoms with E-state index < -0.39 is 11.7 Å². The summed E-state index contributed by atoms with van der Waals surface area (Å²) < 4.78 is 5.72. The Hall–Kier alpha value is -0.570. The number of aliphatic hydroxyl groups excluding tert-OH is 1. The molecule has 0 spiro atoms. The third kappa shape index (κ3) is 2.87. The monoisotopic (exact) mass is 268 g/mol. The summed E-state index contributed by atoms with van der Waals surface area (Å²) in [4.78, 5) is 0. The van der Waals surface area contributed by atoms with Crippen LogP contribution in [-0.4, -0.2) is 17.8 Å². The van der Waals surface area contributed by atoms with Crippen molar-refractivity contribution in [2.24, 2.45) is 0 Å². The first-order valence-electron chi connectivity index (χ1n) is 6.67. The van der Waals surface area contributed by atoms with Crippen molar-refractivity contribution in [3.8, 4) is 0 Å². The highest BCUT2D eigenvalue weighted by Crippen LogP contribution is 2.40. The van der Waals surface area contributed by atoms with E-state index in [2.05, 4.69) is 0 Å². The highest BCUT2D eigenvalue weighted by atomic mass is 35.5. The van der Waals surface area contributed by atoms with Crippen molar-refractivity contribution in [2.75, 3.05) is 7.11 Å². The minimum absolute atomic E-state index is 0.426. The van der Waals surface area contributed by atoms with Crippen molar-refractivity contribution < 1.29 is 9.84 Å². The molecule has 1 saturated carbocycles. The molecule has 1 fully saturated rings. The molecular formula is C15H21ClO2. The Morgan fingerprint density at radius 3 is 2.17 bits per heavy atom. The van der Waals surface area contributed by atoms with Crippen LogP contribution in [0.5, 0.6) is 0 Å². The molecule has 3 heteroatoms. The quantitative estimate of drug-likeness (QED) is 0.836. The lowest BCUT2D eigenvalue weighted by Crippen LogP contribution is -2.38. The van der Waals surface area contributed by atoms with Gasteiger partial charge in [0.25, 0.3) is 0 Å². The molecule has 1 aromatic carbocycles. The number of aliphatic hydroxyl groups is 1. The molecular weight excluding hydrogens is 248 g/mol. The van der Waals surface area contributed by atoms with E-state index in [-0.39, 0.29) is 0 Å². The minimum atomic E-state index is -0.571. The molecule has 0 bridgehead atoms. The highest BCUT2D eigenvalue weighted by Gasteiger charge is 2.39. The molecule has 18 heavy (non-hydrogen) atoms. The van der Waals surface area contributed by atoms with E-state index in [0.717, 1.165) is 31.2 Å². The third-order valence-corrected chi connectivity index (χ3v) is 4.29.